The smallest absolute Gasteiger partial charge is 0.250 e. The van der Waals surface area contributed by atoms with Gasteiger partial charge in [-0.15, -0.1) is 0 Å². The Bertz CT molecular complexity index is 738. The number of rotatable bonds is 7. The standard InChI is InChI=1S/C17H21N3O3/c1-19-17(18)14-6-7-16(21)20(12-14)11-13-4-3-5-15(10-13)23-9-8-22-2/h3-7,10,12H,8-9,11H2,1-2H3,(H2,18,19). The van der Waals surface area contributed by atoms with Crippen LogP contribution in [-0.2, 0) is 11.3 Å². The number of nitrogens with two attached hydrogens (primary N) is 1. The maximum Gasteiger partial charge on any atom is 0.250 e. The molecule has 0 amide bonds. The highest BCUT2D eigenvalue weighted by Gasteiger charge is 2.04. The van der Waals surface area contributed by atoms with E-state index >= 15 is 0 Å². The highest BCUT2D eigenvalue weighted by Crippen LogP contribution is 2.14. The number of aromatic nitrogens is 1. The monoisotopic (exact) mass is 315 g/mol. The van der Waals surface area contributed by atoms with E-state index in [4.69, 9.17) is 15.2 Å². The van der Waals surface area contributed by atoms with Crippen LogP contribution in [0.3, 0.4) is 0 Å². The number of ether oxygens (including phenoxy) is 2. The number of methoxy groups -OCH3 is 1. The van der Waals surface area contributed by atoms with Gasteiger partial charge >= 0.3 is 0 Å². The average molecular weight is 315 g/mol. The molecule has 0 aliphatic rings. The lowest BCUT2D eigenvalue weighted by Gasteiger charge is -2.10. The number of pyridine rings is 1. The summed E-state index contributed by atoms with van der Waals surface area (Å²) in [6.45, 7) is 1.45. The Morgan fingerprint density at radius 3 is 2.83 bits per heavy atom. The van der Waals surface area contributed by atoms with Crippen molar-refractivity contribution < 1.29 is 9.47 Å². The molecule has 0 bridgehead atoms. The van der Waals surface area contributed by atoms with Gasteiger partial charge in [-0.1, -0.05) is 12.1 Å². The Kier molecular flexibility index (Phi) is 5.94. The molecule has 0 atom stereocenters. The van der Waals surface area contributed by atoms with E-state index in [1.807, 2.05) is 24.3 Å². The fourth-order valence-corrected chi connectivity index (χ4v) is 2.11. The second-order valence-electron chi connectivity index (χ2n) is 4.98. The van der Waals surface area contributed by atoms with Gasteiger partial charge in [0.15, 0.2) is 0 Å². The van der Waals surface area contributed by atoms with E-state index in [-0.39, 0.29) is 5.56 Å². The van der Waals surface area contributed by atoms with Crippen LogP contribution in [0.25, 0.3) is 0 Å². The maximum atomic E-state index is 12.0. The quantitative estimate of drug-likeness (QED) is 0.474. The van der Waals surface area contributed by atoms with Gasteiger partial charge in [0.05, 0.1) is 13.2 Å². The minimum atomic E-state index is -0.0941. The lowest BCUT2D eigenvalue weighted by atomic mass is 10.2. The molecular weight excluding hydrogens is 294 g/mol. The molecule has 0 unspecified atom stereocenters. The number of nitrogens with zero attached hydrogens (tertiary/aromatic N) is 2. The van der Waals surface area contributed by atoms with Crippen LogP contribution in [-0.4, -0.2) is 37.8 Å². The van der Waals surface area contributed by atoms with E-state index in [0.717, 1.165) is 16.9 Å². The molecule has 0 fully saturated rings. The molecule has 23 heavy (non-hydrogen) atoms. The van der Waals surface area contributed by atoms with Crippen molar-refractivity contribution in [2.24, 2.45) is 10.7 Å². The molecule has 0 spiro atoms. The van der Waals surface area contributed by atoms with Crippen molar-refractivity contribution in [2.75, 3.05) is 27.4 Å². The Hall–Kier alpha value is -2.60. The number of hydrogen-bond donors (Lipinski definition) is 1. The van der Waals surface area contributed by atoms with Crippen LogP contribution in [0.2, 0.25) is 0 Å². The van der Waals surface area contributed by atoms with Gasteiger partial charge in [-0.3, -0.25) is 9.79 Å². The molecule has 2 N–H and O–H groups in total. The second kappa shape index (κ2) is 8.14. The van der Waals surface area contributed by atoms with Crippen LogP contribution in [0.1, 0.15) is 11.1 Å². The third kappa shape index (κ3) is 4.69. The number of aliphatic imine (C=N–C) groups is 1. The van der Waals surface area contributed by atoms with E-state index in [1.54, 1.807) is 31.0 Å². The predicted octanol–water partition coefficient (Wildman–Crippen LogP) is 1.26. The van der Waals surface area contributed by atoms with Gasteiger partial charge in [-0.25, -0.2) is 0 Å². The predicted molar refractivity (Wildman–Crippen MR) is 90.3 cm³/mol. The van der Waals surface area contributed by atoms with Crippen LogP contribution in [0, 0.1) is 0 Å². The van der Waals surface area contributed by atoms with Gasteiger partial charge in [0, 0.05) is 32.0 Å². The van der Waals surface area contributed by atoms with Crippen LogP contribution in [0.4, 0.5) is 0 Å². The summed E-state index contributed by atoms with van der Waals surface area (Å²) in [4.78, 5) is 16.0. The molecule has 122 valence electrons. The molecular formula is C17H21N3O3. The summed E-state index contributed by atoms with van der Waals surface area (Å²) in [5.41, 5.74) is 7.39. The second-order valence-corrected chi connectivity index (χ2v) is 4.98. The van der Waals surface area contributed by atoms with Crippen molar-refractivity contribution in [1.29, 1.82) is 0 Å². The molecule has 0 saturated carbocycles. The van der Waals surface area contributed by atoms with Gasteiger partial charge in [0.1, 0.15) is 18.2 Å². The zero-order chi connectivity index (χ0) is 16.7. The molecule has 6 nitrogen and oxygen atoms in total. The highest BCUT2D eigenvalue weighted by atomic mass is 16.5. The summed E-state index contributed by atoms with van der Waals surface area (Å²) in [7, 11) is 3.25. The van der Waals surface area contributed by atoms with Crippen molar-refractivity contribution in [3.05, 3.63) is 64.1 Å². The molecule has 0 aliphatic carbocycles. The van der Waals surface area contributed by atoms with E-state index in [1.165, 1.54) is 6.07 Å². The van der Waals surface area contributed by atoms with Crippen LogP contribution in [0.5, 0.6) is 5.75 Å². The topological polar surface area (TPSA) is 78.8 Å². The zero-order valence-corrected chi connectivity index (χ0v) is 13.4. The van der Waals surface area contributed by atoms with Crippen LogP contribution < -0.4 is 16.0 Å². The van der Waals surface area contributed by atoms with Crippen molar-refractivity contribution >= 4 is 5.84 Å². The van der Waals surface area contributed by atoms with Gasteiger partial charge in [0.25, 0.3) is 5.56 Å². The molecule has 1 aromatic carbocycles. The van der Waals surface area contributed by atoms with Crippen molar-refractivity contribution in [3.8, 4) is 5.75 Å². The third-order valence-corrected chi connectivity index (χ3v) is 3.33. The van der Waals surface area contributed by atoms with Gasteiger partial charge in [-0.05, 0) is 23.8 Å². The first-order valence-electron chi connectivity index (χ1n) is 7.28. The molecule has 0 aliphatic heterocycles. The summed E-state index contributed by atoms with van der Waals surface area (Å²) in [5, 5.41) is 0. The minimum absolute atomic E-state index is 0.0941. The summed E-state index contributed by atoms with van der Waals surface area (Å²) < 4.78 is 12.1. The Morgan fingerprint density at radius 2 is 2.09 bits per heavy atom. The van der Waals surface area contributed by atoms with Crippen LogP contribution in [0.15, 0.2) is 52.4 Å². The SMILES string of the molecule is CN=C(N)c1ccc(=O)n(Cc2cccc(OCCOC)c2)c1. The molecule has 1 aromatic heterocycles. The third-order valence-electron chi connectivity index (χ3n) is 3.33. The lowest BCUT2D eigenvalue weighted by molar-refractivity contribution is 0.146. The normalized spacial score (nSPS) is 11.5. The van der Waals surface area contributed by atoms with Crippen molar-refractivity contribution in [2.45, 2.75) is 6.54 Å². The van der Waals surface area contributed by atoms with Crippen LogP contribution >= 0.6 is 0 Å². The van der Waals surface area contributed by atoms with E-state index in [0.29, 0.717) is 25.6 Å². The first-order chi connectivity index (χ1) is 11.1. The summed E-state index contributed by atoms with van der Waals surface area (Å²) in [5.74, 6) is 1.15. The molecule has 6 heteroatoms. The summed E-state index contributed by atoms with van der Waals surface area (Å²) >= 11 is 0. The van der Waals surface area contributed by atoms with Gasteiger partial charge in [-0.2, -0.15) is 0 Å². The number of hydrogen-bond acceptors (Lipinski definition) is 4. The molecule has 2 rings (SSSR count). The largest absolute Gasteiger partial charge is 0.491 e. The number of benzene rings is 1. The average Bonchev–Trinajstić information content (AvgIpc) is 2.57. The Labute approximate surface area is 135 Å². The first kappa shape index (κ1) is 16.8. The Balaban J connectivity index is 2.18. The van der Waals surface area contributed by atoms with Crippen molar-refractivity contribution in [1.82, 2.24) is 4.57 Å². The number of amidine groups is 1. The fourth-order valence-electron chi connectivity index (χ4n) is 2.11. The minimum Gasteiger partial charge on any atom is -0.491 e. The summed E-state index contributed by atoms with van der Waals surface area (Å²) in [6, 6.07) is 10.8. The zero-order valence-electron chi connectivity index (χ0n) is 13.4. The molecule has 2 aromatic rings. The van der Waals surface area contributed by atoms with E-state index in [9.17, 15) is 4.79 Å². The highest BCUT2D eigenvalue weighted by molar-refractivity contribution is 5.97. The van der Waals surface area contributed by atoms with E-state index < -0.39 is 0 Å². The lowest BCUT2D eigenvalue weighted by Crippen LogP contribution is -2.23. The summed E-state index contributed by atoms with van der Waals surface area (Å²) in [6.07, 6.45) is 1.71. The molecule has 0 saturated heterocycles. The van der Waals surface area contributed by atoms with Crippen molar-refractivity contribution in [3.63, 3.8) is 0 Å². The Morgan fingerprint density at radius 1 is 1.26 bits per heavy atom. The van der Waals surface area contributed by atoms with E-state index in [2.05, 4.69) is 4.99 Å². The molecule has 1 heterocycles. The van der Waals surface area contributed by atoms with Gasteiger partial charge in [0.2, 0.25) is 0 Å². The first-order valence-corrected chi connectivity index (χ1v) is 7.28. The molecule has 0 radical (unpaired) electrons. The van der Waals surface area contributed by atoms with Gasteiger partial charge < -0.3 is 19.8 Å². The maximum absolute atomic E-state index is 12.0. The fraction of sp³-hybridized carbons (Fsp3) is 0.294.